The zero-order valence-corrected chi connectivity index (χ0v) is 9.68. The van der Waals surface area contributed by atoms with E-state index in [1.165, 1.54) is 32.4 Å². The van der Waals surface area contributed by atoms with Gasteiger partial charge >= 0.3 is 0 Å². The molecular weight excluding hydrogens is 181 g/mol. The number of rotatable bonds is 1. The third kappa shape index (κ3) is 2.06. The Morgan fingerprint density at radius 2 is 2.08 bits per heavy atom. The summed E-state index contributed by atoms with van der Waals surface area (Å²) in [4.78, 5) is 2.44. The van der Waals surface area contributed by atoms with Crippen molar-refractivity contribution < 1.29 is 4.74 Å². The molecule has 0 aromatic heterocycles. The maximum Gasteiger partial charge on any atom is 0.0740 e. The van der Waals surface area contributed by atoms with E-state index in [1.807, 2.05) is 0 Å². The normalized spacial score (nSPS) is 35.1. The van der Waals surface area contributed by atoms with Crippen molar-refractivity contribution in [2.24, 2.45) is 5.41 Å². The van der Waals surface area contributed by atoms with E-state index in [-0.39, 0.29) is 0 Å². The molecule has 0 aromatic rings. The third-order valence-electron chi connectivity index (χ3n) is 3.58. The molecule has 13 heavy (non-hydrogen) atoms. The number of likely N-dealkylation sites (tertiary alicyclic amines) is 1. The molecule has 2 aliphatic rings. The second-order valence-electron chi connectivity index (χ2n) is 4.60. The zero-order chi connectivity index (χ0) is 9.31. The van der Waals surface area contributed by atoms with E-state index in [0.29, 0.717) is 11.3 Å². The lowest BCUT2D eigenvalue weighted by molar-refractivity contribution is 0.0879. The van der Waals surface area contributed by atoms with E-state index in [9.17, 15) is 0 Å². The van der Waals surface area contributed by atoms with Gasteiger partial charge in [-0.1, -0.05) is 8.58 Å². The minimum Gasteiger partial charge on any atom is -0.373 e. The summed E-state index contributed by atoms with van der Waals surface area (Å²) in [7, 11) is 3.19. The summed E-state index contributed by atoms with van der Waals surface area (Å²) in [6, 6.07) is 0. The number of piperidine rings is 1. The van der Waals surface area contributed by atoms with Crippen molar-refractivity contribution in [2.75, 3.05) is 33.4 Å². The zero-order valence-electron chi connectivity index (χ0n) is 8.68. The molecular formula is C10H20NOP. The fourth-order valence-electron chi connectivity index (χ4n) is 2.42. The maximum atomic E-state index is 5.82. The predicted molar refractivity (Wildman–Crippen MR) is 57.8 cm³/mol. The molecule has 2 fully saturated rings. The summed E-state index contributed by atoms with van der Waals surface area (Å²) in [5.41, 5.74) is 0.570. The molecule has 3 heteroatoms. The molecule has 2 rings (SSSR count). The Kier molecular flexibility index (Phi) is 2.92. The van der Waals surface area contributed by atoms with Gasteiger partial charge in [0.1, 0.15) is 0 Å². The Labute approximate surface area is 82.8 Å². The molecule has 2 nitrogen and oxygen atoms in total. The van der Waals surface area contributed by atoms with E-state index in [2.05, 4.69) is 18.6 Å². The van der Waals surface area contributed by atoms with Crippen molar-refractivity contribution in [2.45, 2.75) is 25.1 Å². The minimum absolute atomic E-state index is 0.570. The average Bonchev–Trinajstić information content (AvgIpc) is 2.55. The number of ether oxygens (including phenoxy) is 1. The molecule has 1 spiro atoms. The Balaban J connectivity index is 1.92. The van der Waals surface area contributed by atoms with Crippen molar-refractivity contribution in [3.8, 4) is 0 Å². The highest BCUT2D eigenvalue weighted by Gasteiger charge is 2.41. The molecule has 2 unspecified atom stereocenters. The summed E-state index contributed by atoms with van der Waals surface area (Å²) in [6.07, 6.45) is 4.03. The van der Waals surface area contributed by atoms with E-state index < -0.39 is 0 Å². The average molecular weight is 201 g/mol. The quantitative estimate of drug-likeness (QED) is 0.599. The van der Waals surface area contributed by atoms with Crippen LogP contribution in [0.1, 0.15) is 19.3 Å². The van der Waals surface area contributed by atoms with Gasteiger partial charge in [0, 0.05) is 0 Å². The lowest BCUT2D eigenvalue weighted by Crippen LogP contribution is -2.38. The van der Waals surface area contributed by atoms with Crippen LogP contribution < -0.4 is 0 Å². The molecule has 0 N–H and O–H groups in total. The molecule has 0 amide bonds. The van der Waals surface area contributed by atoms with Crippen LogP contribution in [0, 0.1) is 5.41 Å². The Hall–Kier alpha value is 0.350. The Morgan fingerprint density at radius 1 is 1.38 bits per heavy atom. The van der Waals surface area contributed by atoms with Crippen LogP contribution in [0.25, 0.3) is 0 Å². The fraction of sp³-hybridized carbons (Fsp3) is 1.00. The minimum atomic E-state index is 0.570. The van der Waals surface area contributed by atoms with E-state index in [1.54, 1.807) is 0 Å². The van der Waals surface area contributed by atoms with E-state index in [0.717, 1.165) is 15.2 Å². The fourth-order valence-corrected chi connectivity index (χ4v) is 3.30. The summed E-state index contributed by atoms with van der Waals surface area (Å²) in [5, 5.41) is 0. The molecule has 2 saturated heterocycles. The molecule has 2 heterocycles. The molecule has 0 aromatic carbocycles. The second-order valence-corrected chi connectivity index (χ2v) is 5.82. The van der Waals surface area contributed by atoms with Gasteiger partial charge in [-0.05, 0) is 51.5 Å². The van der Waals surface area contributed by atoms with Crippen LogP contribution in [0.15, 0.2) is 0 Å². The van der Waals surface area contributed by atoms with Gasteiger partial charge in [0.15, 0.2) is 0 Å². The molecule has 0 aliphatic carbocycles. The van der Waals surface area contributed by atoms with Crippen LogP contribution in [-0.4, -0.2) is 44.2 Å². The van der Waals surface area contributed by atoms with Crippen molar-refractivity contribution >= 4 is 8.58 Å². The topological polar surface area (TPSA) is 12.5 Å². The highest BCUT2D eigenvalue weighted by atomic mass is 31.1. The van der Waals surface area contributed by atoms with Gasteiger partial charge < -0.3 is 9.64 Å². The number of hydrogen-bond acceptors (Lipinski definition) is 2. The molecule has 76 valence electrons. The first-order valence-corrected chi connectivity index (χ1v) is 6.79. The van der Waals surface area contributed by atoms with Gasteiger partial charge in [0.05, 0.1) is 12.5 Å². The summed E-state index contributed by atoms with van der Waals surface area (Å²) < 4.78 is 5.82. The molecule has 0 bridgehead atoms. The van der Waals surface area contributed by atoms with Gasteiger partial charge in [-0.15, -0.1) is 0 Å². The van der Waals surface area contributed by atoms with E-state index >= 15 is 0 Å². The van der Waals surface area contributed by atoms with Crippen LogP contribution in [0.4, 0.5) is 0 Å². The van der Waals surface area contributed by atoms with Gasteiger partial charge in [-0.25, -0.2) is 0 Å². The molecule has 2 atom stereocenters. The van der Waals surface area contributed by atoms with Gasteiger partial charge in [-0.2, -0.15) is 0 Å². The standard InChI is InChI=1S/C10H20NOP/c1-11-5-3-10(4-6-11)7-9(13-2)12-8-10/h9,13H,3-8H2,1-2H3. The largest absolute Gasteiger partial charge is 0.373 e. The summed E-state index contributed by atoms with van der Waals surface area (Å²) in [6.45, 7) is 5.83. The maximum absolute atomic E-state index is 5.82. The van der Waals surface area contributed by atoms with Crippen LogP contribution >= 0.6 is 8.58 Å². The van der Waals surface area contributed by atoms with Crippen LogP contribution in [0.3, 0.4) is 0 Å². The lowest BCUT2D eigenvalue weighted by atomic mass is 9.78. The SMILES string of the molecule is CPC1CC2(CCN(C)CC2)CO1. The van der Waals surface area contributed by atoms with Crippen molar-refractivity contribution in [3.05, 3.63) is 0 Å². The van der Waals surface area contributed by atoms with Gasteiger partial charge in [0.2, 0.25) is 0 Å². The van der Waals surface area contributed by atoms with Crippen LogP contribution in [-0.2, 0) is 4.74 Å². The first kappa shape index (κ1) is 9.89. The van der Waals surface area contributed by atoms with Gasteiger partial charge in [0.25, 0.3) is 0 Å². The van der Waals surface area contributed by atoms with E-state index in [4.69, 9.17) is 4.74 Å². The molecule has 0 saturated carbocycles. The number of hydrogen-bond donors (Lipinski definition) is 0. The lowest BCUT2D eigenvalue weighted by Gasteiger charge is -2.36. The Bertz CT molecular complexity index is 178. The summed E-state index contributed by atoms with van der Waals surface area (Å²) >= 11 is 0. The Morgan fingerprint density at radius 3 is 2.62 bits per heavy atom. The van der Waals surface area contributed by atoms with Gasteiger partial charge in [-0.3, -0.25) is 0 Å². The third-order valence-corrected chi connectivity index (χ3v) is 4.59. The monoisotopic (exact) mass is 201 g/mol. The van der Waals surface area contributed by atoms with Crippen molar-refractivity contribution in [1.29, 1.82) is 0 Å². The highest BCUT2D eigenvalue weighted by Crippen LogP contribution is 2.45. The number of nitrogens with zero attached hydrogens (tertiary/aromatic N) is 1. The van der Waals surface area contributed by atoms with Crippen molar-refractivity contribution in [3.63, 3.8) is 0 Å². The van der Waals surface area contributed by atoms with Crippen LogP contribution in [0.5, 0.6) is 0 Å². The first-order chi connectivity index (χ1) is 6.24. The molecule has 0 radical (unpaired) electrons. The first-order valence-electron chi connectivity index (χ1n) is 5.22. The highest BCUT2D eigenvalue weighted by molar-refractivity contribution is 7.37. The van der Waals surface area contributed by atoms with Crippen LogP contribution in [0.2, 0.25) is 0 Å². The molecule has 2 aliphatic heterocycles. The summed E-state index contributed by atoms with van der Waals surface area (Å²) in [5.74, 6) is 0.586. The second kappa shape index (κ2) is 3.84. The smallest absolute Gasteiger partial charge is 0.0740 e. The van der Waals surface area contributed by atoms with Crippen molar-refractivity contribution in [1.82, 2.24) is 4.90 Å². The predicted octanol–water partition coefficient (Wildman–Crippen LogP) is 1.75.